The molecule has 0 saturated heterocycles. The third-order valence-electron chi connectivity index (χ3n) is 4.24. The summed E-state index contributed by atoms with van der Waals surface area (Å²) in [4.78, 5) is 12.3. The quantitative estimate of drug-likeness (QED) is 0.819. The van der Waals surface area contributed by atoms with Gasteiger partial charge in [-0.05, 0) is 42.3 Å². The van der Waals surface area contributed by atoms with E-state index in [0.29, 0.717) is 43.2 Å². The number of benzene rings is 2. The van der Waals surface area contributed by atoms with Gasteiger partial charge in [-0.3, -0.25) is 9.10 Å². The monoisotopic (exact) mass is 390 g/mol. The fourth-order valence-corrected chi connectivity index (χ4v) is 3.19. The Kier molecular flexibility index (Phi) is 5.55. The number of anilines is 2. The topological polar surface area (TPSA) is 84.9 Å². The second-order valence-corrected chi connectivity index (χ2v) is 8.32. The van der Waals surface area contributed by atoms with Crippen molar-refractivity contribution in [1.29, 1.82) is 0 Å². The number of carbonyl (C=O) groups is 1. The van der Waals surface area contributed by atoms with E-state index < -0.39 is 10.0 Å². The third-order valence-corrected chi connectivity index (χ3v) is 5.44. The summed E-state index contributed by atoms with van der Waals surface area (Å²) in [6.07, 6.45) is 1.99. The first-order valence-corrected chi connectivity index (χ1v) is 10.4. The van der Waals surface area contributed by atoms with Crippen LogP contribution in [0.3, 0.4) is 0 Å². The molecule has 1 amide bonds. The molecule has 0 fully saturated rings. The van der Waals surface area contributed by atoms with Crippen molar-refractivity contribution in [3.63, 3.8) is 0 Å². The normalized spacial score (nSPS) is 13.1. The van der Waals surface area contributed by atoms with Crippen LogP contribution >= 0.6 is 0 Å². The highest BCUT2D eigenvalue weighted by molar-refractivity contribution is 7.92. The van der Waals surface area contributed by atoms with Crippen LogP contribution in [0.5, 0.6) is 11.5 Å². The summed E-state index contributed by atoms with van der Waals surface area (Å²) in [7, 11) is -1.89. The third kappa shape index (κ3) is 4.91. The molecule has 0 spiro atoms. The molecule has 2 aromatic carbocycles. The van der Waals surface area contributed by atoms with Crippen LogP contribution in [0.1, 0.15) is 12.0 Å². The van der Waals surface area contributed by atoms with Gasteiger partial charge < -0.3 is 14.8 Å². The van der Waals surface area contributed by atoms with E-state index >= 15 is 0 Å². The minimum absolute atomic E-state index is 0.149. The van der Waals surface area contributed by atoms with E-state index in [-0.39, 0.29) is 5.91 Å². The van der Waals surface area contributed by atoms with Crippen molar-refractivity contribution in [2.45, 2.75) is 12.8 Å². The van der Waals surface area contributed by atoms with Gasteiger partial charge in [0.2, 0.25) is 15.9 Å². The lowest BCUT2D eigenvalue weighted by atomic mass is 10.1. The van der Waals surface area contributed by atoms with Gasteiger partial charge in [0.1, 0.15) is 13.2 Å². The Morgan fingerprint density at radius 1 is 1.11 bits per heavy atom. The van der Waals surface area contributed by atoms with Crippen LogP contribution in [0.15, 0.2) is 42.5 Å². The van der Waals surface area contributed by atoms with Gasteiger partial charge in [-0.15, -0.1) is 0 Å². The van der Waals surface area contributed by atoms with E-state index in [1.807, 2.05) is 18.2 Å². The summed E-state index contributed by atoms with van der Waals surface area (Å²) in [5.41, 5.74) is 2.03. The average Bonchev–Trinajstić information content (AvgIpc) is 2.65. The van der Waals surface area contributed by atoms with Gasteiger partial charge in [0.25, 0.3) is 0 Å². The molecule has 1 aliphatic heterocycles. The van der Waals surface area contributed by atoms with Gasteiger partial charge in [0, 0.05) is 19.2 Å². The van der Waals surface area contributed by atoms with Crippen molar-refractivity contribution >= 4 is 27.3 Å². The molecule has 0 saturated carbocycles. The number of hydrogen-bond donors (Lipinski definition) is 1. The highest BCUT2D eigenvalue weighted by Gasteiger charge is 2.14. The standard InChI is InChI=1S/C19H22N2O5S/c1-21(27(2,23)24)16-5-3-4-15(13-16)20-19(22)9-7-14-6-8-17-18(12-14)26-11-10-25-17/h3-6,8,12-13H,7,9-11H2,1-2H3,(H,20,22). The number of fused-ring (bicyclic) bond motifs is 1. The van der Waals surface area contributed by atoms with Crippen molar-refractivity contribution in [3.8, 4) is 11.5 Å². The molecule has 0 atom stereocenters. The molecule has 1 aliphatic rings. The number of ether oxygens (including phenoxy) is 2. The molecule has 0 radical (unpaired) electrons. The number of nitrogens with one attached hydrogen (secondary N) is 1. The minimum Gasteiger partial charge on any atom is -0.486 e. The zero-order valence-corrected chi connectivity index (χ0v) is 16.1. The molecule has 8 heteroatoms. The molecule has 3 rings (SSSR count). The molecule has 1 N–H and O–H groups in total. The zero-order valence-electron chi connectivity index (χ0n) is 15.3. The summed E-state index contributed by atoms with van der Waals surface area (Å²) in [6, 6.07) is 12.4. The highest BCUT2D eigenvalue weighted by Crippen LogP contribution is 2.31. The molecule has 0 aromatic heterocycles. The Morgan fingerprint density at radius 3 is 2.59 bits per heavy atom. The molecule has 2 aromatic rings. The number of hydrogen-bond acceptors (Lipinski definition) is 5. The molecule has 0 unspecified atom stereocenters. The molecule has 0 bridgehead atoms. The molecule has 1 heterocycles. The van der Waals surface area contributed by atoms with Crippen LogP contribution in [0, 0.1) is 0 Å². The molecule has 27 heavy (non-hydrogen) atoms. The Balaban J connectivity index is 1.60. The maximum atomic E-state index is 12.3. The smallest absolute Gasteiger partial charge is 0.231 e. The van der Waals surface area contributed by atoms with E-state index in [1.165, 1.54) is 7.05 Å². The van der Waals surface area contributed by atoms with Gasteiger partial charge in [0.05, 0.1) is 11.9 Å². The van der Waals surface area contributed by atoms with E-state index in [1.54, 1.807) is 24.3 Å². The van der Waals surface area contributed by atoms with E-state index in [2.05, 4.69) is 5.32 Å². The maximum Gasteiger partial charge on any atom is 0.231 e. The number of amides is 1. The molecular weight excluding hydrogens is 368 g/mol. The summed E-state index contributed by atoms with van der Waals surface area (Å²) in [6.45, 7) is 1.07. The number of carbonyl (C=O) groups excluding carboxylic acids is 1. The van der Waals surface area contributed by atoms with Crippen molar-refractivity contribution < 1.29 is 22.7 Å². The fraction of sp³-hybridized carbons (Fsp3) is 0.316. The van der Waals surface area contributed by atoms with E-state index in [4.69, 9.17) is 9.47 Å². The van der Waals surface area contributed by atoms with Crippen LogP contribution in [0.2, 0.25) is 0 Å². The summed E-state index contributed by atoms with van der Waals surface area (Å²) >= 11 is 0. The second-order valence-electron chi connectivity index (χ2n) is 6.31. The fourth-order valence-electron chi connectivity index (χ4n) is 2.70. The van der Waals surface area contributed by atoms with Crippen LogP contribution in [0.25, 0.3) is 0 Å². The first-order valence-electron chi connectivity index (χ1n) is 8.55. The van der Waals surface area contributed by atoms with Crippen LogP contribution in [0.4, 0.5) is 11.4 Å². The summed E-state index contributed by atoms with van der Waals surface area (Å²) < 4.78 is 35.5. The number of sulfonamides is 1. The Labute approximate surface area is 158 Å². The van der Waals surface area contributed by atoms with Crippen LogP contribution in [-0.4, -0.2) is 40.8 Å². The SMILES string of the molecule is CN(c1cccc(NC(=O)CCc2ccc3c(c2)OCCO3)c1)S(C)(=O)=O. The molecule has 0 aliphatic carbocycles. The molecule has 144 valence electrons. The largest absolute Gasteiger partial charge is 0.486 e. The van der Waals surface area contributed by atoms with Crippen molar-refractivity contribution in [3.05, 3.63) is 48.0 Å². The van der Waals surface area contributed by atoms with E-state index in [9.17, 15) is 13.2 Å². The van der Waals surface area contributed by atoms with Crippen LogP contribution in [-0.2, 0) is 21.2 Å². The Morgan fingerprint density at radius 2 is 1.85 bits per heavy atom. The van der Waals surface area contributed by atoms with Crippen molar-refractivity contribution in [2.24, 2.45) is 0 Å². The summed E-state index contributed by atoms with van der Waals surface area (Å²) in [5, 5.41) is 2.80. The minimum atomic E-state index is -3.36. The van der Waals surface area contributed by atoms with Crippen LogP contribution < -0.4 is 19.1 Å². The van der Waals surface area contributed by atoms with E-state index in [0.717, 1.165) is 21.9 Å². The lowest BCUT2D eigenvalue weighted by Gasteiger charge is -2.19. The first-order chi connectivity index (χ1) is 12.8. The number of rotatable bonds is 6. The lowest BCUT2D eigenvalue weighted by Crippen LogP contribution is -2.24. The van der Waals surface area contributed by atoms with Gasteiger partial charge >= 0.3 is 0 Å². The number of nitrogens with zero attached hydrogens (tertiary/aromatic N) is 1. The Hall–Kier alpha value is -2.74. The lowest BCUT2D eigenvalue weighted by molar-refractivity contribution is -0.116. The van der Waals surface area contributed by atoms with Gasteiger partial charge in [-0.25, -0.2) is 8.42 Å². The maximum absolute atomic E-state index is 12.3. The zero-order chi connectivity index (χ0) is 19.4. The summed E-state index contributed by atoms with van der Waals surface area (Å²) in [5.74, 6) is 1.28. The van der Waals surface area contributed by atoms with Gasteiger partial charge in [-0.1, -0.05) is 12.1 Å². The molecule has 7 nitrogen and oxygen atoms in total. The second kappa shape index (κ2) is 7.87. The first kappa shape index (κ1) is 19.0. The average molecular weight is 390 g/mol. The van der Waals surface area contributed by atoms with Crippen molar-refractivity contribution in [2.75, 3.05) is 36.1 Å². The predicted molar refractivity (Wildman–Crippen MR) is 104 cm³/mol. The Bertz CT molecular complexity index is 943. The number of aryl methyl sites for hydroxylation is 1. The van der Waals surface area contributed by atoms with Crippen molar-refractivity contribution in [1.82, 2.24) is 0 Å². The van der Waals surface area contributed by atoms with Gasteiger partial charge in [0.15, 0.2) is 11.5 Å². The highest BCUT2D eigenvalue weighted by atomic mass is 32.2. The molecular formula is C19H22N2O5S. The van der Waals surface area contributed by atoms with Gasteiger partial charge in [-0.2, -0.15) is 0 Å². The predicted octanol–water partition coefficient (Wildman–Crippen LogP) is 2.42.